The summed E-state index contributed by atoms with van der Waals surface area (Å²) in [6.07, 6.45) is 0. The van der Waals surface area contributed by atoms with Gasteiger partial charge in [0, 0.05) is 20.1 Å². The fourth-order valence-corrected chi connectivity index (χ4v) is 0. The first-order valence-corrected chi connectivity index (χ1v) is 1.10. The van der Waals surface area contributed by atoms with Crippen LogP contribution in [0.1, 0.15) is 0 Å². The Bertz CT molecular complexity index is 32.6. The van der Waals surface area contributed by atoms with Crippen molar-refractivity contribution in [2.24, 2.45) is 0 Å². The van der Waals surface area contributed by atoms with Crippen molar-refractivity contribution in [2.45, 2.75) is 0 Å². The Kier molecular flexibility index (Phi) is 1440. The summed E-state index contributed by atoms with van der Waals surface area (Å²) in [5.74, 6) is 0. The van der Waals surface area contributed by atoms with E-state index in [4.69, 9.17) is 63.0 Å². The van der Waals surface area contributed by atoms with Gasteiger partial charge in [0.05, 0.1) is 0 Å². The van der Waals surface area contributed by atoms with E-state index in [9.17, 15) is 0 Å². The molecule has 0 heterocycles. The van der Waals surface area contributed by atoms with E-state index in [0.29, 0.717) is 0 Å². The fourth-order valence-electron chi connectivity index (χ4n) is 0. The van der Waals surface area contributed by atoms with Gasteiger partial charge in [-0.2, -0.15) is 0 Å². The molecule has 0 aliphatic carbocycles. The molecule has 13 heteroatoms. The van der Waals surface area contributed by atoms with Gasteiger partial charge >= 0.3 is 0 Å². The molecule has 0 saturated carbocycles. The smallest absolute Gasteiger partial charge is 0 e. The molecule has 0 amide bonds. The molecule has 0 spiro atoms. The van der Waals surface area contributed by atoms with Crippen molar-refractivity contribution >= 4 is 0 Å². The van der Waals surface area contributed by atoms with E-state index in [1.165, 1.54) is 0 Å². The Balaban J connectivity index is -0.00000000655. The van der Waals surface area contributed by atoms with Crippen LogP contribution in [-0.4, -0.2) is 0 Å². The zero-order chi connectivity index (χ0) is 12.0. The molecule has 0 aliphatic rings. The first-order chi connectivity index (χ1) is 6.00. The van der Waals surface area contributed by atoms with Crippen LogP contribution < -0.4 is 0 Å². The predicted octanol–water partition coefficient (Wildman–Crippen LogP) is 1.93. The molecule has 0 aromatic rings. The topological polar surface area (TPSA) is 236 Å². The number of rotatable bonds is 0. The van der Waals surface area contributed by atoms with Gasteiger partial charge in [0.2, 0.25) is 0 Å². The monoisotopic (exact) mass is 373 g/mol. The molecule has 0 bridgehead atoms. The maximum absolute atomic E-state index is 7.25. The fraction of sp³-hybridized carbons (Fsp3) is 0. The summed E-state index contributed by atoms with van der Waals surface area (Å²) in [5.41, 5.74) is 34.5. The van der Waals surface area contributed by atoms with Crippen LogP contribution in [0.4, 0.5) is 0 Å². The Morgan fingerprint density at radius 3 is 0.308 bits per heavy atom. The first-order valence-electron chi connectivity index (χ1n) is 1.10. The second kappa shape index (κ2) is 286. The van der Waals surface area contributed by atoms with Crippen molar-refractivity contribution in [1.82, 2.24) is 0 Å². The third-order valence-electron chi connectivity index (χ3n) is 0. The number of hydrogen-bond donors (Lipinski definition) is 0. The molecule has 81 valence electrons. The molecule has 0 aromatic heterocycles. The van der Waals surface area contributed by atoms with E-state index in [0.717, 1.165) is 0 Å². The van der Waals surface area contributed by atoms with Crippen LogP contribution in [0.2, 0.25) is 0 Å². The molecule has 0 aromatic carbocycles. The van der Waals surface area contributed by atoms with Gasteiger partial charge in [-0.05, 0) is 0 Å². The third-order valence-corrected chi connectivity index (χ3v) is 0. The first kappa shape index (κ1) is 65.4. The Morgan fingerprint density at radius 2 is 0.308 bits per heavy atom. The van der Waals surface area contributed by atoms with E-state index in [2.05, 4.69) is 0 Å². The second-order valence-electron chi connectivity index (χ2n) is 0. The van der Waals surface area contributed by atoms with Crippen LogP contribution in [0, 0.1) is 29.4 Å². The van der Waals surface area contributed by atoms with E-state index in [1.54, 1.807) is 0 Å². The Morgan fingerprint density at radius 1 is 0.308 bits per heavy atom. The summed E-state index contributed by atoms with van der Waals surface area (Å²) in [5, 5.41) is 0. The van der Waals surface area contributed by atoms with Crippen molar-refractivity contribution < 1.29 is 20.1 Å². The molecule has 0 atom stereocenters. The summed E-state index contributed by atoms with van der Waals surface area (Å²) in [6.45, 7) is 0. The molecule has 0 fully saturated rings. The molecule has 0 saturated heterocycles. The minimum absolute atomic E-state index is 0. The van der Waals surface area contributed by atoms with Crippen molar-refractivity contribution in [3.63, 3.8) is 0 Å². The second-order valence-corrected chi connectivity index (χ2v) is 0. The Labute approximate surface area is 83.8 Å². The molecule has 1 radical (unpaired) electrons. The van der Waals surface area contributed by atoms with Gasteiger partial charge in [-0.25, -0.2) is 0 Å². The maximum atomic E-state index is 7.25. The third kappa shape index (κ3) is 228. The van der Waals surface area contributed by atoms with Crippen LogP contribution in [-0.2, 0) is 20.1 Å². The molecule has 0 aliphatic heterocycles. The molecule has 12 nitrogen and oxygen atoms in total. The SMILES string of the molecule is [Ir].[N-]=O.[N-]=O.[N-]=O.[N-]=O.[N-]=O.[N-]=O. The van der Waals surface area contributed by atoms with Crippen LogP contribution in [0.5, 0.6) is 0 Å². The molecule has 0 rings (SSSR count). The normalized spacial score (nSPS) is 1.85. The summed E-state index contributed by atoms with van der Waals surface area (Å²) in [4.78, 5) is 43.5. The average Bonchev–Trinajstić information content (AvgIpc) is 2.33. The largest absolute Gasteiger partial charge is 0.577 e. The van der Waals surface area contributed by atoms with E-state index in [1.807, 2.05) is 0 Å². The van der Waals surface area contributed by atoms with Crippen LogP contribution in [0.3, 0.4) is 0 Å². The van der Waals surface area contributed by atoms with E-state index in [-0.39, 0.29) is 20.1 Å². The molecule has 0 N–H and O–H groups in total. The summed E-state index contributed by atoms with van der Waals surface area (Å²) >= 11 is 0. The van der Waals surface area contributed by atoms with Crippen molar-refractivity contribution in [3.8, 4) is 0 Å². The maximum Gasteiger partial charge on any atom is 0 e. The van der Waals surface area contributed by atoms with Gasteiger partial charge in [0.25, 0.3) is 0 Å². The van der Waals surface area contributed by atoms with Crippen molar-refractivity contribution in [3.05, 3.63) is 63.0 Å². The van der Waals surface area contributed by atoms with E-state index >= 15 is 0 Å². The van der Waals surface area contributed by atoms with Crippen LogP contribution >= 0.6 is 0 Å². The van der Waals surface area contributed by atoms with Gasteiger partial charge < -0.3 is 63.0 Å². The average molecular weight is 372 g/mol. The minimum atomic E-state index is 0. The van der Waals surface area contributed by atoms with Gasteiger partial charge in [-0.1, -0.05) is 0 Å². The number of nitroso groups, excluding NO2 is 6. The van der Waals surface area contributed by atoms with Crippen LogP contribution in [0.25, 0.3) is 33.6 Å². The number of nitrogens with zero attached hydrogens (tertiary/aromatic N) is 6. The zero-order valence-corrected chi connectivity index (χ0v) is 7.86. The predicted molar refractivity (Wildman–Crippen MR) is 40.4 cm³/mol. The van der Waals surface area contributed by atoms with Gasteiger partial charge in [-0.15, -0.1) is 0 Å². The van der Waals surface area contributed by atoms with Gasteiger partial charge in [0.15, 0.2) is 0 Å². The molecular weight excluding hydrogens is 372 g/mol. The zero-order valence-electron chi connectivity index (χ0n) is 5.47. The standard InChI is InChI=1S/Ir.6NO/c;6*1-2/q;6*-1. The Hall–Kier alpha value is -1.75. The van der Waals surface area contributed by atoms with Crippen LogP contribution in [0.15, 0.2) is 0 Å². The molecule has 0 unspecified atom stereocenters. The number of hydrogen-bond acceptors (Lipinski definition) is 6. The summed E-state index contributed by atoms with van der Waals surface area (Å²) < 4.78 is 0. The minimum Gasteiger partial charge on any atom is -0.577 e. The summed E-state index contributed by atoms with van der Waals surface area (Å²) in [6, 6.07) is 0. The van der Waals surface area contributed by atoms with Gasteiger partial charge in [0.1, 0.15) is 0 Å². The van der Waals surface area contributed by atoms with Gasteiger partial charge in [-0.3, -0.25) is 0 Å². The van der Waals surface area contributed by atoms with E-state index < -0.39 is 0 Å². The van der Waals surface area contributed by atoms with Crippen molar-refractivity contribution in [1.29, 1.82) is 0 Å². The van der Waals surface area contributed by atoms with Crippen molar-refractivity contribution in [2.75, 3.05) is 0 Å². The molecular formula is IrN6O6-6. The quantitative estimate of drug-likeness (QED) is 0.614. The molecule has 13 heavy (non-hydrogen) atoms. The summed E-state index contributed by atoms with van der Waals surface area (Å²) in [7, 11) is 0.